The molecule has 0 aromatic carbocycles. The van der Waals surface area contributed by atoms with Crippen molar-refractivity contribution in [3.63, 3.8) is 0 Å². The molecule has 12 heavy (non-hydrogen) atoms. The van der Waals surface area contributed by atoms with E-state index < -0.39 is 0 Å². The third kappa shape index (κ3) is 0.807. The number of hydrogen-bond donors (Lipinski definition) is 1. The van der Waals surface area contributed by atoms with Gasteiger partial charge in [0.25, 0.3) is 0 Å². The van der Waals surface area contributed by atoms with Gasteiger partial charge in [-0.05, 0) is 19.3 Å². The molecule has 1 aliphatic rings. The predicted molar refractivity (Wildman–Crippen MR) is 44.3 cm³/mol. The van der Waals surface area contributed by atoms with Crippen LogP contribution in [0.2, 0.25) is 0 Å². The van der Waals surface area contributed by atoms with Gasteiger partial charge in [-0.2, -0.15) is 0 Å². The molecule has 0 unspecified atom stereocenters. The lowest BCUT2D eigenvalue weighted by atomic mass is 10.1. The van der Waals surface area contributed by atoms with E-state index in [0.29, 0.717) is 0 Å². The number of hydrogen-bond acceptors (Lipinski definition) is 2. The first kappa shape index (κ1) is 7.46. The average Bonchev–Trinajstić information content (AvgIpc) is 2.33. The summed E-state index contributed by atoms with van der Waals surface area (Å²) in [4.78, 5) is 11.4. The van der Waals surface area contributed by atoms with Crippen molar-refractivity contribution in [2.75, 3.05) is 0 Å². The van der Waals surface area contributed by atoms with Crippen molar-refractivity contribution >= 4 is 0 Å². The van der Waals surface area contributed by atoms with Crippen LogP contribution in [0.1, 0.15) is 18.5 Å². The highest BCUT2D eigenvalue weighted by atomic mass is 16.3. The lowest BCUT2D eigenvalue weighted by Crippen LogP contribution is -2.25. The Morgan fingerprint density at radius 3 is 2.83 bits per heavy atom. The van der Waals surface area contributed by atoms with Crippen LogP contribution < -0.4 is 5.69 Å². The van der Waals surface area contributed by atoms with Gasteiger partial charge in [-0.1, -0.05) is 0 Å². The second-order valence-electron chi connectivity index (χ2n) is 3.22. The summed E-state index contributed by atoms with van der Waals surface area (Å²) >= 11 is 0. The van der Waals surface area contributed by atoms with Gasteiger partial charge < -0.3 is 5.11 Å². The highest BCUT2D eigenvalue weighted by Crippen LogP contribution is 2.21. The van der Waals surface area contributed by atoms with E-state index in [1.165, 1.54) is 4.57 Å². The lowest BCUT2D eigenvalue weighted by Gasteiger charge is -2.11. The predicted octanol–water partition coefficient (Wildman–Crippen LogP) is 0.229. The zero-order chi connectivity index (χ0) is 8.72. The molecule has 0 radical (unpaired) electrons. The first-order chi connectivity index (χ1) is 5.72. The molecule has 2 heterocycles. The molecule has 0 saturated heterocycles. The van der Waals surface area contributed by atoms with Crippen molar-refractivity contribution in [3.05, 3.63) is 16.2 Å². The molecule has 1 aromatic heterocycles. The Bertz CT molecular complexity index is 362. The molecule has 1 N–H and O–H groups in total. The smallest absolute Gasteiger partial charge is 0.330 e. The fourth-order valence-corrected chi connectivity index (χ4v) is 1.74. The van der Waals surface area contributed by atoms with Crippen molar-refractivity contribution in [3.8, 4) is 5.88 Å². The Morgan fingerprint density at radius 2 is 2.17 bits per heavy atom. The van der Waals surface area contributed by atoms with Crippen LogP contribution in [0.3, 0.4) is 0 Å². The first-order valence-electron chi connectivity index (χ1n) is 4.19. The first-order valence-corrected chi connectivity index (χ1v) is 4.19. The summed E-state index contributed by atoms with van der Waals surface area (Å²) in [6.45, 7) is 0.753. The Balaban J connectivity index is 2.68. The van der Waals surface area contributed by atoms with Crippen molar-refractivity contribution < 1.29 is 5.11 Å². The number of fused-ring (bicyclic) bond motifs is 1. The van der Waals surface area contributed by atoms with Crippen molar-refractivity contribution in [2.45, 2.75) is 25.8 Å². The van der Waals surface area contributed by atoms with E-state index in [0.717, 1.165) is 31.5 Å². The maximum Gasteiger partial charge on any atom is 0.330 e. The van der Waals surface area contributed by atoms with Crippen molar-refractivity contribution in [2.24, 2.45) is 7.05 Å². The summed E-state index contributed by atoms with van der Waals surface area (Å²) in [5.74, 6) is 0.139. The van der Waals surface area contributed by atoms with Crippen LogP contribution in [0, 0.1) is 0 Å². The normalized spacial score (nSPS) is 16.1. The number of rotatable bonds is 0. The van der Waals surface area contributed by atoms with Gasteiger partial charge in [-0.15, -0.1) is 0 Å². The number of imidazole rings is 1. The van der Waals surface area contributed by atoms with Gasteiger partial charge in [-0.3, -0.25) is 9.13 Å². The Labute approximate surface area is 70.1 Å². The summed E-state index contributed by atoms with van der Waals surface area (Å²) in [5, 5.41) is 9.51. The van der Waals surface area contributed by atoms with Gasteiger partial charge in [-0.25, -0.2) is 4.79 Å². The molecule has 0 aliphatic carbocycles. The van der Waals surface area contributed by atoms with Gasteiger partial charge in [0.05, 0.1) is 5.69 Å². The number of aromatic nitrogens is 2. The summed E-state index contributed by atoms with van der Waals surface area (Å²) in [6, 6.07) is 0. The minimum atomic E-state index is -0.0952. The molecule has 2 rings (SSSR count). The van der Waals surface area contributed by atoms with Gasteiger partial charge in [0, 0.05) is 13.6 Å². The minimum Gasteiger partial charge on any atom is -0.493 e. The van der Waals surface area contributed by atoms with Crippen molar-refractivity contribution in [1.82, 2.24) is 9.13 Å². The molecule has 0 bridgehead atoms. The topological polar surface area (TPSA) is 47.2 Å². The summed E-state index contributed by atoms with van der Waals surface area (Å²) in [5.41, 5.74) is 0.705. The Hall–Kier alpha value is -1.19. The zero-order valence-corrected chi connectivity index (χ0v) is 7.08. The van der Waals surface area contributed by atoms with E-state index in [-0.39, 0.29) is 11.6 Å². The third-order valence-electron chi connectivity index (χ3n) is 2.46. The summed E-state index contributed by atoms with van der Waals surface area (Å²) in [7, 11) is 1.60. The van der Waals surface area contributed by atoms with Gasteiger partial charge in [0.1, 0.15) is 0 Å². The van der Waals surface area contributed by atoms with Gasteiger partial charge in [0.15, 0.2) is 0 Å². The molecule has 0 amide bonds. The quantitative estimate of drug-likeness (QED) is 0.602. The van der Waals surface area contributed by atoms with Crippen LogP contribution in [0.4, 0.5) is 0 Å². The fourth-order valence-electron chi connectivity index (χ4n) is 1.74. The van der Waals surface area contributed by atoms with E-state index >= 15 is 0 Å². The summed E-state index contributed by atoms with van der Waals surface area (Å²) < 4.78 is 2.97. The lowest BCUT2D eigenvalue weighted by molar-refractivity contribution is 0.417. The van der Waals surface area contributed by atoms with Crippen LogP contribution in [0.25, 0.3) is 0 Å². The molecular formula is C8H12N2O2. The largest absolute Gasteiger partial charge is 0.493 e. The van der Waals surface area contributed by atoms with Crippen LogP contribution >= 0.6 is 0 Å². The van der Waals surface area contributed by atoms with E-state index in [2.05, 4.69) is 0 Å². The fraction of sp³-hybridized carbons (Fsp3) is 0.625. The molecule has 0 fully saturated rings. The Morgan fingerprint density at radius 1 is 1.42 bits per heavy atom. The van der Waals surface area contributed by atoms with E-state index in [9.17, 15) is 9.90 Å². The average molecular weight is 168 g/mol. The van der Waals surface area contributed by atoms with Crippen LogP contribution in [0.5, 0.6) is 5.88 Å². The molecule has 0 saturated carbocycles. The van der Waals surface area contributed by atoms with Gasteiger partial charge in [0.2, 0.25) is 5.88 Å². The van der Waals surface area contributed by atoms with Gasteiger partial charge >= 0.3 is 5.69 Å². The molecule has 66 valence electrons. The second-order valence-corrected chi connectivity index (χ2v) is 3.22. The van der Waals surface area contributed by atoms with E-state index in [4.69, 9.17) is 0 Å². The molecule has 0 spiro atoms. The maximum atomic E-state index is 11.4. The molecule has 0 atom stereocenters. The van der Waals surface area contributed by atoms with Crippen LogP contribution in [-0.4, -0.2) is 14.2 Å². The Kier molecular flexibility index (Phi) is 1.49. The molecule has 4 nitrogen and oxygen atoms in total. The zero-order valence-electron chi connectivity index (χ0n) is 7.08. The maximum absolute atomic E-state index is 11.4. The molecule has 1 aromatic rings. The monoisotopic (exact) mass is 168 g/mol. The van der Waals surface area contributed by atoms with Crippen LogP contribution in [-0.2, 0) is 20.0 Å². The third-order valence-corrected chi connectivity index (χ3v) is 2.46. The molecule has 1 aliphatic heterocycles. The molecular weight excluding hydrogens is 156 g/mol. The van der Waals surface area contributed by atoms with E-state index in [1.807, 2.05) is 0 Å². The van der Waals surface area contributed by atoms with E-state index in [1.54, 1.807) is 11.6 Å². The minimum absolute atomic E-state index is 0.0952. The molecule has 4 heteroatoms. The highest BCUT2D eigenvalue weighted by Gasteiger charge is 2.19. The highest BCUT2D eigenvalue weighted by molar-refractivity contribution is 5.21. The van der Waals surface area contributed by atoms with Crippen LogP contribution in [0.15, 0.2) is 4.79 Å². The standard InChI is InChI=1S/C8H12N2O2/c1-9-7(11)6-4-2-3-5-10(6)8(9)12/h11H,2-5H2,1H3. The summed E-state index contributed by atoms with van der Waals surface area (Å²) in [6.07, 6.45) is 2.93. The van der Waals surface area contributed by atoms with Crippen molar-refractivity contribution in [1.29, 1.82) is 0 Å². The SMILES string of the molecule is Cn1c(O)c2n(c1=O)CCCC2. The second kappa shape index (κ2) is 2.40. The number of aromatic hydroxyl groups is 1. The number of nitrogens with zero attached hydrogens (tertiary/aromatic N) is 2.